The molecule has 0 unspecified atom stereocenters. The first-order valence-electron chi connectivity index (χ1n) is 5.08. The number of hydrogen-bond acceptors (Lipinski definition) is 2. The molecule has 3 heteroatoms. The Morgan fingerprint density at radius 2 is 1.79 bits per heavy atom. The molecule has 0 rings (SSSR count). The van der Waals surface area contributed by atoms with E-state index >= 15 is 0 Å². The highest BCUT2D eigenvalue weighted by molar-refractivity contribution is 5.45. The molecule has 0 heterocycles. The van der Waals surface area contributed by atoms with E-state index in [-0.39, 0.29) is 11.0 Å². The first kappa shape index (κ1) is 13.4. The topological polar surface area (TPSA) is 38.3 Å². The second-order valence-corrected chi connectivity index (χ2v) is 5.37. The lowest BCUT2D eigenvalue weighted by Gasteiger charge is -2.26. The molecule has 0 atom stereocenters. The van der Waals surface area contributed by atoms with Crippen molar-refractivity contribution in [3.05, 3.63) is 0 Å². The quantitative estimate of drug-likeness (QED) is 0.667. The van der Waals surface area contributed by atoms with Crippen LogP contribution in [0.3, 0.4) is 0 Å². The standard InChI is InChI=1S/C11H23NO2/c1-10(2,3)14-7-6-11(4,5)8-12-9-13/h9H,6-8H2,1-5H3,(H,12,13). The zero-order chi connectivity index (χ0) is 11.2. The smallest absolute Gasteiger partial charge is 0.207 e. The van der Waals surface area contributed by atoms with Gasteiger partial charge in [-0.2, -0.15) is 0 Å². The van der Waals surface area contributed by atoms with Crippen molar-refractivity contribution >= 4 is 6.41 Å². The molecule has 0 fully saturated rings. The predicted octanol–water partition coefficient (Wildman–Crippen LogP) is 1.96. The predicted molar refractivity (Wildman–Crippen MR) is 58.2 cm³/mol. The van der Waals surface area contributed by atoms with Gasteiger partial charge in [0.05, 0.1) is 5.60 Å². The van der Waals surface area contributed by atoms with Crippen LogP contribution in [0.2, 0.25) is 0 Å². The van der Waals surface area contributed by atoms with Gasteiger partial charge in [0.15, 0.2) is 0 Å². The van der Waals surface area contributed by atoms with E-state index in [2.05, 4.69) is 19.2 Å². The van der Waals surface area contributed by atoms with Gasteiger partial charge >= 0.3 is 0 Å². The Bertz CT molecular complexity index is 171. The van der Waals surface area contributed by atoms with E-state index in [1.54, 1.807) is 0 Å². The van der Waals surface area contributed by atoms with Crippen molar-refractivity contribution in [3.8, 4) is 0 Å². The summed E-state index contributed by atoms with van der Waals surface area (Å²) < 4.78 is 5.63. The average Bonchev–Trinajstić information content (AvgIpc) is 1.98. The number of hydrogen-bond donors (Lipinski definition) is 1. The fourth-order valence-electron chi connectivity index (χ4n) is 1.04. The molecule has 0 saturated carbocycles. The lowest BCUT2D eigenvalue weighted by molar-refractivity contribution is -0.110. The fraction of sp³-hybridized carbons (Fsp3) is 0.909. The van der Waals surface area contributed by atoms with E-state index in [1.807, 2.05) is 20.8 Å². The van der Waals surface area contributed by atoms with Gasteiger partial charge in [-0.3, -0.25) is 4.79 Å². The summed E-state index contributed by atoms with van der Waals surface area (Å²) in [6.07, 6.45) is 1.69. The van der Waals surface area contributed by atoms with Crippen LogP contribution in [0.4, 0.5) is 0 Å². The first-order valence-corrected chi connectivity index (χ1v) is 5.08. The van der Waals surface area contributed by atoms with Crippen LogP contribution >= 0.6 is 0 Å². The van der Waals surface area contributed by atoms with E-state index in [1.165, 1.54) is 0 Å². The van der Waals surface area contributed by atoms with Crippen LogP contribution in [0.25, 0.3) is 0 Å². The molecule has 0 bridgehead atoms. The zero-order valence-corrected chi connectivity index (χ0v) is 10.0. The summed E-state index contributed by atoms with van der Waals surface area (Å²) in [5.74, 6) is 0. The van der Waals surface area contributed by atoms with E-state index in [9.17, 15) is 4.79 Å². The number of carbonyl (C=O) groups excluding carboxylic acids is 1. The van der Waals surface area contributed by atoms with Gasteiger partial charge in [-0.15, -0.1) is 0 Å². The highest BCUT2D eigenvalue weighted by Crippen LogP contribution is 2.20. The van der Waals surface area contributed by atoms with Gasteiger partial charge in [0.2, 0.25) is 6.41 Å². The molecule has 0 aliphatic heterocycles. The molecular formula is C11H23NO2. The Morgan fingerprint density at radius 3 is 2.21 bits per heavy atom. The van der Waals surface area contributed by atoms with Gasteiger partial charge in [0.25, 0.3) is 0 Å². The Morgan fingerprint density at radius 1 is 1.21 bits per heavy atom. The zero-order valence-electron chi connectivity index (χ0n) is 10.0. The highest BCUT2D eigenvalue weighted by Gasteiger charge is 2.19. The van der Waals surface area contributed by atoms with Crippen molar-refractivity contribution in [2.45, 2.75) is 46.6 Å². The molecule has 3 nitrogen and oxygen atoms in total. The summed E-state index contributed by atoms with van der Waals surface area (Å²) in [5.41, 5.74) is 0.0281. The van der Waals surface area contributed by atoms with E-state index in [4.69, 9.17) is 4.74 Å². The minimum absolute atomic E-state index is 0.0752. The van der Waals surface area contributed by atoms with Crippen molar-refractivity contribution in [2.75, 3.05) is 13.2 Å². The molecule has 0 aromatic heterocycles. The number of amides is 1. The Labute approximate surface area is 87.2 Å². The summed E-state index contributed by atoms with van der Waals surface area (Å²) in [7, 11) is 0. The fourth-order valence-corrected chi connectivity index (χ4v) is 1.04. The molecule has 1 N–H and O–H groups in total. The number of ether oxygens (including phenoxy) is 1. The molecule has 0 aromatic carbocycles. The molecule has 0 aromatic rings. The van der Waals surface area contributed by atoms with Gasteiger partial charge in [-0.25, -0.2) is 0 Å². The summed E-state index contributed by atoms with van der Waals surface area (Å²) >= 11 is 0. The molecule has 0 spiro atoms. The summed E-state index contributed by atoms with van der Waals surface area (Å²) in [5, 5.41) is 2.70. The maximum absolute atomic E-state index is 10.1. The van der Waals surface area contributed by atoms with Gasteiger partial charge in [0.1, 0.15) is 0 Å². The first-order chi connectivity index (χ1) is 6.27. The normalized spacial score (nSPS) is 12.6. The molecule has 84 valence electrons. The van der Waals surface area contributed by atoms with Crippen LogP contribution in [0.5, 0.6) is 0 Å². The van der Waals surface area contributed by atoms with Gasteiger partial charge in [-0.1, -0.05) is 13.8 Å². The molecule has 0 aliphatic carbocycles. The minimum Gasteiger partial charge on any atom is -0.376 e. The van der Waals surface area contributed by atoms with E-state index in [0.29, 0.717) is 6.54 Å². The van der Waals surface area contributed by atoms with Crippen molar-refractivity contribution in [1.82, 2.24) is 5.32 Å². The molecular weight excluding hydrogens is 178 g/mol. The van der Waals surface area contributed by atoms with Crippen molar-refractivity contribution in [1.29, 1.82) is 0 Å². The van der Waals surface area contributed by atoms with Crippen LogP contribution in [0.1, 0.15) is 41.0 Å². The molecule has 14 heavy (non-hydrogen) atoms. The lowest BCUT2D eigenvalue weighted by Crippen LogP contribution is -2.31. The van der Waals surface area contributed by atoms with Crippen LogP contribution in [-0.4, -0.2) is 25.2 Å². The van der Waals surface area contributed by atoms with Gasteiger partial charge in [0, 0.05) is 13.2 Å². The maximum atomic E-state index is 10.1. The lowest BCUT2D eigenvalue weighted by atomic mass is 9.90. The second kappa shape index (κ2) is 5.35. The van der Waals surface area contributed by atoms with Crippen LogP contribution in [0, 0.1) is 5.41 Å². The third-order valence-corrected chi connectivity index (χ3v) is 1.98. The van der Waals surface area contributed by atoms with Crippen molar-refractivity contribution in [3.63, 3.8) is 0 Å². The molecule has 0 radical (unpaired) electrons. The van der Waals surface area contributed by atoms with E-state index in [0.717, 1.165) is 19.4 Å². The molecule has 0 aliphatic rings. The Hall–Kier alpha value is -0.570. The highest BCUT2D eigenvalue weighted by atomic mass is 16.5. The Balaban J connectivity index is 3.70. The molecule has 1 amide bonds. The third kappa shape index (κ3) is 8.05. The van der Waals surface area contributed by atoms with Crippen molar-refractivity contribution in [2.24, 2.45) is 5.41 Å². The average molecular weight is 201 g/mol. The van der Waals surface area contributed by atoms with Crippen LogP contribution < -0.4 is 5.32 Å². The monoisotopic (exact) mass is 201 g/mol. The summed E-state index contributed by atoms with van der Waals surface area (Å²) in [6, 6.07) is 0. The number of nitrogens with one attached hydrogen (secondary N) is 1. The molecule has 0 saturated heterocycles. The van der Waals surface area contributed by atoms with Gasteiger partial charge in [-0.05, 0) is 32.6 Å². The largest absolute Gasteiger partial charge is 0.376 e. The number of carbonyl (C=O) groups is 1. The summed E-state index contributed by atoms with van der Waals surface area (Å²) in [6.45, 7) is 11.8. The third-order valence-electron chi connectivity index (χ3n) is 1.98. The Kier molecular flexibility index (Phi) is 5.13. The maximum Gasteiger partial charge on any atom is 0.207 e. The van der Waals surface area contributed by atoms with Crippen LogP contribution in [0.15, 0.2) is 0 Å². The van der Waals surface area contributed by atoms with E-state index < -0.39 is 0 Å². The van der Waals surface area contributed by atoms with Crippen molar-refractivity contribution < 1.29 is 9.53 Å². The second-order valence-electron chi connectivity index (χ2n) is 5.37. The number of rotatable bonds is 6. The summed E-state index contributed by atoms with van der Waals surface area (Å²) in [4.78, 5) is 10.1. The van der Waals surface area contributed by atoms with Crippen LogP contribution in [-0.2, 0) is 9.53 Å². The van der Waals surface area contributed by atoms with Gasteiger partial charge < -0.3 is 10.1 Å². The minimum atomic E-state index is -0.0752. The SMILES string of the molecule is CC(C)(CCOC(C)(C)C)CNC=O.